The average Bonchev–Trinajstić information content (AvgIpc) is 2.43. The number of carbonyl (C=O) groups is 1. The molecular weight excluding hydrogens is 242 g/mol. The fourth-order valence-electron chi connectivity index (χ4n) is 1.96. The van der Waals surface area contributed by atoms with Crippen molar-refractivity contribution in [2.75, 3.05) is 32.7 Å². The summed E-state index contributed by atoms with van der Waals surface area (Å²) < 4.78 is 10.1. The second-order valence-corrected chi connectivity index (χ2v) is 4.96. The molecular formula is C15H23NO3. The number of rotatable bonds is 6. The van der Waals surface area contributed by atoms with Crippen molar-refractivity contribution in [3.63, 3.8) is 0 Å². The minimum absolute atomic E-state index is 0.138. The van der Waals surface area contributed by atoms with Crippen LogP contribution in [0.5, 0.6) is 5.75 Å². The van der Waals surface area contributed by atoms with Crippen molar-refractivity contribution in [1.29, 1.82) is 0 Å². The second-order valence-electron chi connectivity index (χ2n) is 4.96. The van der Waals surface area contributed by atoms with Crippen LogP contribution in [-0.2, 0) is 9.53 Å². The number of hydrogen-bond acceptors (Lipinski definition) is 4. The smallest absolute Gasteiger partial charge is 0.310 e. The molecule has 1 atom stereocenters. The Hall–Kier alpha value is -1.71. The number of nitrogens with zero attached hydrogens (tertiary/aromatic N) is 1. The number of benzene rings is 1. The highest BCUT2D eigenvalue weighted by Gasteiger charge is 2.24. The van der Waals surface area contributed by atoms with Crippen molar-refractivity contribution < 1.29 is 14.3 Å². The van der Waals surface area contributed by atoms with Crippen LogP contribution in [0.25, 0.3) is 0 Å². The predicted octanol–water partition coefficient (Wildman–Crippen LogP) is 2.58. The summed E-state index contributed by atoms with van der Waals surface area (Å²) >= 11 is 0. The molecule has 0 saturated carbocycles. The van der Waals surface area contributed by atoms with Crippen molar-refractivity contribution in [3.8, 4) is 5.75 Å². The Bertz CT molecular complexity index is 418. The van der Waals surface area contributed by atoms with Gasteiger partial charge in [-0.05, 0) is 18.1 Å². The van der Waals surface area contributed by atoms with Crippen LogP contribution < -0.4 is 9.64 Å². The summed E-state index contributed by atoms with van der Waals surface area (Å²) in [6.07, 6.45) is 0. The molecule has 0 aliphatic rings. The van der Waals surface area contributed by atoms with Crippen molar-refractivity contribution in [3.05, 3.63) is 24.3 Å². The van der Waals surface area contributed by atoms with Gasteiger partial charge in [-0.2, -0.15) is 0 Å². The molecule has 0 aliphatic heterocycles. The zero-order valence-corrected chi connectivity index (χ0v) is 12.3. The lowest BCUT2D eigenvalue weighted by Crippen LogP contribution is -2.34. The van der Waals surface area contributed by atoms with Crippen LogP contribution in [0, 0.1) is 11.8 Å². The van der Waals surface area contributed by atoms with Crippen LogP contribution >= 0.6 is 0 Å². The van der Waals surface area contributed by atoms with E-state index in [2.05, 4.69) is 0 Å². The van der Waals surface area contributed by atoms with Crippen LogP contribution in [0.2, 0.25) is 0 Å². The van der Waals surface area contributed by atoms with E-state index >= 15 is 0 Å². The van der Waals surface area contributed by atoms with Gasteiger partial charge in [-0.25, -0.2) is 0 Å². The molecule has 0 N–H and O–H groups in total. The molecule has 19 heavy (non-hydrogen) atoms. The molecule has 106 valence electrons. The number of methoxy groups -OCH3 is 2. The minimum Gasteiger partial charge on any atom is -0.497 e. The second kappa shape index (κ2) is 7.02. The lowest BCUT2D eigenvalue weighted by atomic mass is 9.95. The molecule has 4 nitrogen and oxygen atoms in total. The summed E-state index contributed by atoms with van der Waals surface area (Å²) in [5.41, 5.74) is 1.02. The van der Waals surface area contributed by atoms with Gasteiger partial charge in [0.25, 0.3) is 0 Å². The number of esters is 1. The van der Waals surface area contributed by atoms with E-state index in [9.17, 15) is 4.79 Å². The third-order valence-electron chi connectivity index (χ3n) is 3.27. The van der Waals surface area contributed by atoms with Crippen LogP contribution in [0.15, 0.2) is 24.3 Å². The van der Waals surface area contributed by atoms with Crippen LogP contribution in [-0.4, -0.2) is 33.8 Å². The first-order chi connectivity index (χ1) is 8.99. The molecule has 4 heteroatoms. The fourth-order valence-corrected chi connectivity index (χ4v) is 1.96. The van der Waals surface area contributed by atoms with Crippen molar-refractivity contribution in [2.24, 2.45) is 11.8 Å². The average molecular weight is 265 g/mol. The molecule has 0 saturated heterocycles. The van der Waals surface area contributed by atoms with E-state index in [1.54, 1.807) is 7.11 Å². The van der Waals surface area contributed by atoms with E-state index in [-0.39, 0.29) is 17.8 Å². The van der Waals surface area contributed by atoms with Crippen LogP contribution in [0.4, 0.5) is 5.69 Å². The van der Waals surface area contributed by atoms with Gasteiger partial charge in [0.1, 0.15) is 5.75 Å². The highest BCUT2D eigenvalue weighted by atomic mass is 16.5. The summed E-state index contributed by atoms with van der Waals surface area (Å²) in [5, 5.41) is 0. The summed E-state index contributed by atoms with van der Waals surface area (Å²) in [6.45, 7) is 4.68. The fraction of sp³-hybridized carbons (Fsp3) is 0.533. The maximum Gasteiger partial charge on any atom is 0.310 e. The Labute approximate surface area is 115 Å². The highest BCUT2D eigenvalue weighted by molar-refractivity contribution is 5.73. The van der Waals surface area contributed by atoms with E-state index < -0.39 is 0 Å². The number of anilines is 1. The first kappa shape index (κ1) is 15.3. The van der Waals surface area contributed by atoms with Gasteiger partial charge in [0.15, 0.2) is 0 Å². The molecule has 1 aromatic carbocycles. The first-order valence-electron chi connectivity index (χ1n) is 6.42. The zero-order valence-electron chi connectivity index (χ0n) is 12.3. The lowest BCUT2D eigenvalue weighted by molar-refractivity contribution is -0.146. The van der Waals surface area contributed by atoms with Crippen LogP contribution in [0.3, 0.4) is 0 Å². The molecule has 0 heterocycles. The third kappa shape index (κ3) is 4.16. The molecule has 0 bridgehead atoms. The Morgan fingerprint density at radius 2 is 2.00 bits per heavy atom. The summed E-state index contributed by atoms with van der Waals surface area (Å²) in [7, 11) is 5.04. The Balaban J connectivity index is 2.81. The first-order valence-corrected chi connectivity index (χ1v) is 6.42. The van der Waals surface area contributed by atoms with Crippen molar-refractivity contribution >= 4 is 11.7 Å². The topological polar surface area (TPSA) is 38.8 Å². The van der Waals surface area contributed by atoms with Crippen molar-refractivity contribution in [2.45, 2.75) is 13.8 Å². The normalized spacial score (nSPS) is 12.1. The summed E-state index contributed by atoms with van der Waals surface area (Å²) in [6, 6.07) is 7.79. The Morgan fingerprint density at radius 1 is 1.32 bits per heavy atom. The molecule has 1 unspecified atom stereocenters. The molecule has 0 radical (unpaired) electrons. The molecule has 0 spiro atoms. The molecule has 0 aliphatic carbocycles. The largest absolute Gasteiger partial charge is 0.497 e. The maximum absolute atomic E-state index is 11.8. The minimum atomic E-state index is -0.162. The molecule has 0 aromatic heterocycles. The lowest BCUT2D eigenvalue weighted by Gasteiger charge is -2.26. The van der Waals surface area contributed by atoms with Gasteiger partial charge in [0.2, 0.25) is 0 Å². The number of hydrogen-bond donors (Lipinski definition) is 0. The van der Waals surface area contributed by atoms with Gasteiger partial charge in [-0.15, -0.1) is 0 Å². The van der Waals surface area contributed by atoms with E-state index in [1.165, 1.54) is 7.11 Å². The Morgan fingerprint density at radius 3 is 2.53 bits per heavy atom. The summed E-state index contributed by atoms with van der Waals surface area (Å²) in [4.78, 5) is 13.8. The molecule has 0 fully saturated rings. The van der Waals surface area contributed by atoms with Crippen LogP contribution in [0.1, 0.15) is 13.8 Å². The van der Waals surface area contributed by atoms with Gasteiger partial charge < -0.3 is 14.4 Å². The molecule has 0 amide bonds. The maximum atomic E-state index is 11.8. The van der Waals surface area contributed by atoms with E-state index in [1.807, 2.05) is 50.1 Å². The Kier molecular flexibility index (Phi) is 5.67. The number of ether oxygens (including phenoxy) is 2. The highest BCUT2D eigenvalue weighted by Crippen LogP contribution is 2.22. The molecule has 1 rings (SSSR count). The quantitative estimate of drug-likeness (QED) is 0.741. The monoisotopic (exact) mass is 265 g/mol. The zero-order chi connectivity index (χ0) is 14.4. The van der Waals surface area contributed by atoms with E-state index in [4.69, 9.17) is 9.47 Å². The number of carbonyl (C=O) groups excluding carboxylic acids is 1. The van der Waals surface area contributed by atoms with Gasteiger partial charge in [-0.1, -0.05) is 19.9 Å². The third-order valence-corrected chi connectivity index (χ3v) is 3.27. The van der Waals surface area contributed by atoms with E-state index in [0.717, 1.165) is 11.4 Å². The van der Waals surface area contributed by atoms with Gasteiger partial charge >= 0.3 is 5.97 Å². The predicted molar refractivity (Wildman–Crippen MR) is 76.6 cm³/mol. The standard InChI is InChI=1S/C15H23NO3/c1-11(2)14(15(17)19-5)10-16(3)12-7-6-8-13(9-12)18-4/h6-9,11,14H,10H2,1-5H3. The SMILES string of the molecule is COC(=O)C(CN(C)c1cccc(OC)c1)C(C)C. The van der Waals surface area contributed by atoms with Gasteiger partial charge in [0, 0.05) is 25.3 Å². The molecule has 1 aromatic rings. The van der Waals surface area contributed by atoms with Gasteiger partial charge in [-0.3, -0.25) is 4.79 Å². The van der Waals surface area contributed by atoms with Gasteiger partial charge in [0.05, 0.1) is 20.1 Å². The van der Waals surface area contributed by atoms with Crippen molar-refractivity contribution in [1.82, 2.24) is 0 Å². The summed E-state index contributed by atoms with van der Waals surface area (Å²) in [5.74, 6) is 0.745. The van der Waals surface area contributed by atoms with E-state index in [0.29, 0.717) is 6.54 Å².